The van der Waals surface area contributed by atoms with E-state index in [-0.39, 0.29) is 12.4 Å². The van der Waals surface area contributed by atoms with Crippen LogP contribution in [0.2, 0.25) is 0 Å². The molecule has 0 spiro atoms. The third kappa shape index (κ3) is 6.67. The molecule has 0 bridgehead atoms. The zero-order chi connectivity index (χ0) is 22.1. The highest BCUT2D eigenvalue weighted by atomic mass is 19.1. The molecular formula is C23H19FN2O5. The van der Waals surface area contributed by atoms with E-state index in [0.717, 1.165) is 0 Å². The van der Waals surface area contributed by atoms with Crippen LogP contribution in [0.5, 0.6) is 17.2 Å². The Kier molecular flexibility index (Phi) is 7.31. The Bertz CT molecular complexity index is 1050. The standard InChI is InChI=1S/C23H19FN2O5/c1-29-19-10-4-17(5-11-19)23(28)31-21-8-2-16(3-9-21)14-25-26-22(27)15-30-20-12-6-18(24)7-13-20/h2-14H,15H2,1H3,(H,26,27). The molecule has 0 aliphatic carbocycles. The maximum Gasteiger partial charge on any atom is 0.343 e. The fourth-order valence-electron chi connectivity index (χ4n) is 2.41. The van der Waals surface area contributed by atoms with Crippen LogP contribution < -0.4 is 19.6 Å². The summed E-state index contributed by atoms with van der Waals surface area (Å²) in [5.41, 5.74) is 3.41. The summed E-state index contributed by atoms with van der Waals surface area (Å²) in [6.07, 6.45) is 1.44. The van der Waals surface area contributed by atoms with Gasteiger partial charge in [0.2, 0.25) is 0 Å². The molecule has 0 aromatic heterocycles. The molecule has 3 rings (SSSR count). The van der Waals surface area contributed by atoms with Crippen LogP contribution in [-0.2, 0) is 4.79 Å². The van der Waals surface area contributed by atoms with E-state index in [0.29, 0.717) is 28.4 Å². The van der Waals surface area contributed by atoms with Crippen molar-refractivity contribution < 1.29 is 28.2 Å². The van der Waals surface area contributed by atoms with Gasteiger partial charge in [0.25, 0.3) is 5.91 Å². The monoisotopic (exact) mass is 422 g/mol. The maximum atomic E-state index is 12.8. The highest BCUT2D eigenvalue weighted by Gasteiger charge is 2.08. The lowest BCUT2D eigenvalue weighted by Crippen LogP contribution is -2.24. The number of hydrogen-bond donors (Lipinski definition) is 1. The van der Waals surface area contributed by atoms with Gasteiger partial charge < -0.3 is 14.2 Å². The van der Waals surface area contributed by atoms with Crippen molar-refractivity contribution >= 4 is 18.1 Å². The fraction of sp³-hybridized carbons (Fsp3) is 0.0870. The Morgan fingerprint density at radius 2 is 1.52 bits per heavy atom. The lowest BCUT2D eigenvalue weighted by molar-refractivity contribution is -0.123. The van der Waals surface area contributed by atoms with Gasteiger partial charge in [0.05, 0.1) is 18.9 Å². The van der Waals surface area contributed by atoms with Gasteiger partial charge in [-0.1, -0.05) is 0 Å². The average molecular weight is 422 g/mol. The van der Waals surface area contributed by atoms with Crippen LogP contribution in [-0.4, -0.2) is 31.8 Å². The largest absolute Gasteiger partial charge is 0.497 e. The molecule has 0 radical (unpaired) electrons. The van der Waals surface area contributed by atoms with Crippen molar-refractivity contribution in [1.29, 1.82) is 0 Å². The number of hydrazone groups is 1. The third-order valence-corrected chi connectivity index (χ3v) is 4.00. The normalized spacial score (nSPS) is 10.5. The van der Waals surface area contributed by atoms with E-state index in [9.17, 15) is 14.0 Å². The second kappa shape index (κ2) is 10.5. The summed E-state index contributed by atoms with van der Waals surface area (Å²) < 4.78 is 28.4. The first kappa shape index (κ1) is 21.5. The van der Waals surface area contributed by atoms with Gasteiger partial charge >= 0.3 is 5.97 Å². The third-order valence-electron chi connectivity index (χ3n) is 4.00. The van der Waals surface area contributed by atoms with Gasteiger partial charge in [0, 0.05) is 0 Å². The molecule has 8 heteroatoms. The van der Waals surface area contributed by atoms with E-state index in [1.54, 1.807) is 55.6 Å². The van der Waals surface area contributed by atoms with Crippen molar-refractivity contribution in [2.75, 3.05) is 13.7 Å². The fourth-order valence-corrected chi connectivity index (χ4v) is 2.41. The predicted molar refractivity (Wildman–Crippen MR) is 112 cm³/mol. The first-order valence-electron chi connectivity index (χ1n) is 9.20. The SMILES string of the molecule is COc1ccc(C(=O)Oc2ccc(C=NNC(=O)COc3ccc(F)cc3)cc2)cc1. The number of hydrogen-bond acceptors (Lipinski definition) is 6. The van der Waals surface area contributed by atoms with Crippen LogP contribution in [0.4, 0.5) is 4.39 Å². The zero-order valence-electron chi connectivity index (χ0n) is 16.6. The second-order valence-corrected chi connectivity index (χ2v) is 6.22. The Hall–Kier alpha value is -4.20. The number of benzene rings is 3. The number of rotatable bonds is 8. The van der Waals surface area contributed by atoms with E-state index in [1.807, 2.05) is 0 Å². The molecule has 0 aliphatic heterocycles. The minimum Gasteiger partial charge on any atom is -0.497 e. The number of nitrogens with one attached hydrogen (secondary N) is 1. The summed E-state index contributed by atoms with van der Waals surface area (Å²) in [4.78, 5) is 23.9. The molecular weight excluding hydrogens is 403 g/mol. The Balaban J connectivity index is 1.45. The van der Waals surface area contributed by atoms with Crippen LogP contribution >= 0.6 is 0 Å². The van der Waals surface area contributed by atoms with E-state index in [2.05, 4.69) is 10.5 Å². The van der Waals surface area contributed by atoms with Crippen LogP contribution in [0.25, 0.3) is 0 Å². The van der Waals surface area contributed by atoms with Gasteiger partial charge in [0.15, 0.2) is 6.61 Å². The number of ether oxygens (including phenoxy) is 3. The molecule has 0 saturated carbocycles. The van der Waals surface area contributed by atoms with E-state index < -0.39 is 11.9 Å². The maximum absolute atomic E-state index is 12.8. The number of esters is 1. The van der Waals surface area contributed by atoms with E-state index in [1.165, 1.54) is 30.5 Å². The summed E-state index contributed by atoms with van der Waals surface area (Å²) in [7, 11) is 1.55. The molecule has 158 valence electrons. The second-order valence-electron chi connectivity index (χ2n) is 6.22. The highest BCUT2D eigenvalue weighted by molar-refractivity contribution is 5.91. The molecule has 0 heterocycles. The average Bonchev–Trinajstić information content (AvgIpc) is 2.80. The molecule has 1 amide bonds. The number of halogens is 1. The molecule has 1 N–H and O–H groups in total. The summed E-state index contributed by atoms with van der Waals surface area (Å²) in [5.74, 6) is 0.0512. The van der Waals surface area contributed by atoms with Gasteiger partial charge in [-0.3, -0.25) is 4.79 Å². The summed E-state index contributed by atoms with van der Waals surface area (Å²) >= 11 is 0. The predicted octanol–water partition coefficient (Wildman–Crippen LogP) is 3.58. The number of methoxy groups -OCH3 is 1. The lowest BCUT2D eigenvalue weighted by Gasteiger charge is -2.06. The smallest absolute Gasteiger partial charge is 0.343 e. The quantitative estimate of drug-likeness (QED) is 0.260. The molecule has 0 unspecified atom stereocenters. The molecule has 0 saturated heterocycles. The summed E-state index contributed by atoms with van der Waals surface area (Å²) in [5, 5.41) is 3.84. The minimum absolute atomic E-state index is 0.261. The number of nitrogens with zero attached hydrogens (tertiary/aromatic N) is 1. The summed E-state index contributed by atoms with van der Waals surface area (Å²) in [6, 6.07) is 18.5. The van der Waals surface area contributed by atoms with Crippen molar-refractivity contribution in [3.8, 4) is 17.2 Å². The number of carbonyl (C=O) groups excluding carboxylic acids is 2. The van der Waals surface area contributed by atoms with Crippen molar-refractivity contribution in [3.63, 3.8) is 0 Å². The molecule has 0 aliphatic rings. The van der Waals surface area contributed by atoms with Crippen molar-refractivity contribution in [2.24, 2.45) is 5.10 Å². The number of amides is 1. The van der Waals surface area contributed by atoms with Crippen LogP contribution in [0, 0.1) is 5.82 Å². The molecule has 0 atom stereocenters. The molecule has 3 aromatic carbocycles. The lowest BCUT2D eigenvalue weighted by atomic mass is 10.2. The summed E-state index contributed by atoms with van der Waals surface area (Å²) in [6.45, 7) is -0.261. The molecule has 3 aromatic rings. The molecule has 0 fully saturated rings. The van der Waals surface area contributed by atoms with Gasteiger partial charge in [-0.05, 0) is 78.4 Å². The van der Waals surface area contributed by atoms with Gasteiger partial charge in [-0.25, -0.2) is 14.6 Å². The Labute approximate surface area is 178 Å². The van der Waals surface area contributed by atoms with E-state index in [4.69, 9.17) is 14.2 Å². The zero-order valence-corrected chi connectivity index (χ0v) is 16.6. The topological polar surface area (TPSA) is 86.2 Å². The van der Waals surface area contributed by atoms with Gasteiger partial charge in [0.1, 0.15) is 23.1 Å². The van der Waals surface area contributed by atoms with Crippen LogP contribution in [0.3, 0.4) is 0 Å². The van der Waals surface area contributed by atoms with Crippen LogP contribution in [0.1, 0.15) is 15.9 Å². The van der Waals surface area contributed by atoms with Crippen molar-refractivity contribution in [1.82, 2.24) is 5.43 Å². The first-order chi connectivity index (χ1) is 15.0. The molecule has 7 nitrogen and oxygen atoms in total. The van der Waals surface area contributed by atoms with Crippen molar-refractivity contribution in [3.05, 3.63) is 89.7 Å². The van der Waals surface area contributed by atoms with Gasteiger partial charge in [-0.15, -0.1) is 0 Å². The molecule has 31 heavy (non-hydrogen) atoms. The Morgan fingerprint density at radius 3 is 2.16 bits per heavy atom. The highest BCUT2D eigenvalue weighted by Crippen LogP contribution is 2.16. The Morgan fingerprint density at radius 1 is 0.903 bits per heavy atom. The van der Waals surface area contributed by atoms with Crippen LogP contribution in [0.15, 0.2) is 77.9 Å². The number of carbonyl (C=O) groups is 2. The van der Waals surface area contributed by atoms with Crippen molar-refractivity contribution in [2.45, 2.75) is 0 Å². The van der Waals surface area contributed by atoms with E-state index >= 15 is 0 Å². The minimum atomic E-state index is -0.488. The first-order valence-corrected chi connectivity index (χ1v) is 9.20. The van der Waals surface area contributed by atoms with Gasteiger partial charge in [-0.2, -0.15) is 5.10 Å².